The van der Waals surface area contributed by atoms with E-state index in [0.717, 1.165) is 31.7 Å². The molecule has 1 atom stereocenters. The third kappa shape index (κ3) is 4.32. The van der Waals surface area contributed by atoms with Gasteiger partial charge in [-0.1, -0.05) is 13.3 Å². The fraction of sp³-hybridized carbons (Fsp3) is 0.909. The first-order chi connectivity index (χ1) is 6.75. The summed E-state index contributed by atoms with van der Waals surface area (Å²) in [6, 6.07) is 0. The van der Waals surface area contributed by atoms with Gasteiger partial charge < -0.3 is 5.32 Å². The van der Waals surface area contributed by atoms with E-state index in [1.54, 1.807) is 0 Å². The van der Waals surface area contributed by atoms with Crippen LogP contribution in [0.3, 0.4) is 0 Å². The first-order valence-electron chi connectivity index (χ1n) is 5.59. The van der Waals surface area contributed by atoms with Gasteiger partial charge in [-0.05, 0) is 31.6 Å². The maximum Gasteiger partial charge on any atom is 0.223 e. The molecule has 82 valence electrons. The first-order valence-corrected chi connectivity index (χ1v) is 6.13. The van der Waals surface area contributed by atoms with E-state index in [4.69, 9.17) is 11.6 Å². The Morgan fingerprint density at radius 1 is 1.43 bits per heavy atom. The van der Waals surface area contributed by atoms with Gasteiger partial charge in [0.2, 0.25) is 5.91 Å². The Kier molecular flexibility index (Phi) is 5.31. The van der Waals surface area contributed by atoms with Crippen LogP contribution in [0.5, 0.6) is 0 Å². The minimum atomic E-state index is 0.225. The van der Waals surface area contributed by atoms with Gasteiger partial charge in [0.25, 0.3) is 0 Å². The number of carbonyl (C=O) groups excluding carboxylic acids is 1. The molecule has 1 N–H and O–H groups in total. The zero-order chi connectivity index (χ0) is 10.4. The first kappa shape index (κ1) is 11.8. The molecular weight excluding hydrogens is 198 g/mol. The Morgan fingerprint density at radius 3 is 2.71 bits per heavy atom. The van der Waals surface area contributed by atoms with E-state index in [-0.39, 0.29) is 11.8 Å². The van der Waals surface area contributed by atoms with Gasteiger partial charge in [-0.2, -0.15) is 0 Å². The lowest BCUT2D eigenvalue weighted by atomic mass is 10.1. The van der Waals surface area contributed by atoms with E-state index in [2.05, 4.69) is 5.32 Å². The van der Waals surface area contributed by atoms with Crippen molar-refractivity contribution in [3.05, 3.63) is 0 Å². The molecule has 1 unspecified atom stereocenters. The van der Waals surface area contributed by atoms with Gasteiger partial charge in [-0.15, -0.1) is 11.6 Å². The van der Waals surface area contributed by atoms with Crippen LogP contribution in [0.4, 0.5) is 0 Å². The van der Waals surface area contributed by atoms with Crippen LogP contribution in [0, 0.1) is 11.8 Å². The second-order valence-corrected chi connectivity index (χ2v) is 4.54. The molecule has 0 spiro atoms. The van der Waals surface area contributed by atoms with Gasteiger partial charge in [0.1, 0.15) is 0 Å². The molecule has 1 fully saturated rings. The molecule has 1 aliphatic carbocycles. The molecule has 0 aromatic heterocycles. The standard InChI is InChI=1S/C11H20ClNO/c1-9(10-5-6-10)11(14)13-8-4-2-3-7-12/h9-10H,2-8H2,1H3,(H,13,14). The maximum atomic E-state index is 11.5. The summed E-state index contributed by atoms with van der Waals surface area (Å²) in [5.41, 5.74) is 0. The summed E-state index contributed by atoms with van der Waals surface area (Å²) in [6.07, 6.45) is 5.69. The van der Waals surface area contributed by atoms with Crippen molar-refractivity contribution in [1.82, 2.24) is 5.32 Å². The van der Waals surface area contributed by atoms with Gasteiger partial charge >= 0.3 is 0 Å². The second kappa shape index (κ2) is 6.28. The molecule has 0 aromatic rings. The highest BCUT2D eigenvalue weighted by Gasteiger charge is 2.32. The average Bonchev–Trinajstić information content (AvgIpc) is 2.99. The minimum Gasteiger partial charge on any atom is -0.356 e. The number of alkyl halides is 1. The van der Waals surface area contributed by atoms with E-state index < -0.39 is 0 Å². The van der Waals surface area contributed by atoms with Gasteiger partial charge in [0.05, 0.1) is 0 Å². The molecule has 1 rings (SSSR count). The molecule has 2 nitrogen and oxygen atoms in total. The summed E-state index contributed by atoms with van der Waals surface area (Å²) < 4.78 is 0. The van der Waals surface area contributed by atoms with Crippen molar-refractivity contribution < 1.29 is 4.79 Å². The van der Waals surface area contributed by atoms with Gasteiger partial charge in [-0.3, -0.25) is 4.79 Å². The third-order valence-electron chi connectivity index (χ3n) is 2.85. The Hall–Kier alpha value is -0.240. The predicted octanol–water partition coefficient (Wildman–Crippen LogP) is 2.56. The Labute approximate surface area is 91.4 Å². The van der Waals surface area contributed by atoms with Crippen LogP contribution < -0.4 is 5.32 Å². The summed E-state index contributed by atoms with van der Waals surface area (Å²) in [7, 11) is 0. The van der Waals surface area contributed by atoms with Crippen molar-refractivity contribution in [3.63, 3.8) is 0 Å². The van der Waals surface area contributed by atoms with Crippen LogP contribution >= 0.6 is 11.6 Å². The summed E-state index contributed by atoms with van der Waals surface area (Å²) in [6.45, 7) is 2.85. The average molecular weight is 218 g/mol. The number of hydrogen-bond acceptors (Lipinski definition) is 1. The molecule has 14 heavy (non-hydrogen) atoms. The summed E-state index contributed by atoms with van der Waals surface area (Å²) in [4.78, 5) is 11.5. The molecule has 0 aliphatic heterocycles. The topological polar surface area (TPSA) is 29.1 Å². The lowest BCUT2D eigenvalue weighted by Crippen LogP contribution is -2.30. The van der Waals surface area contributed by atoms with Gasteiger partial charge in [0, 0.05) is 18.3 Å². The van der Waals surface area contributed by atoms with Crippen molar-refractivity contribution in [2.24, 2.45) is 11.8 Å². The maximum absolute atomic E-state index is 11.5. The third-order valence-corrected chi connectivity index (χ3v) is 3.12. The van der Waals surface area contributed by atoms with Crippen LogP contribution in [-0.4, -0.2) is 18.3 Å². The monoisotopic (exact) mass is 217 g/mol. The SMILES string of the molecule is CC(C(=O)NCCCCCCl)C1CC1. The molecule has 1 saturated carbocycles. The lowest BCUT2D eigenvalue weighted by Gasteiger charge is -2.10. The number of halogens is 1. The fourth-order valence-electron chi connectivity index (χ4n) is 1.58. The molecule has 0 bridgehead atoms. The Morgan fingerprint density at radius 2 is 2.14 bits per heavy atom. The fourth-order valence-corrected chi connectivity index (χ4v) is 1.77. The van der Waals surface area contributed by atoms with Gasteiger partial charge in [-0.25, -0.2) is 0 Å². The number of hydrogen-bond donors (Lipinski definition) is 1. The van der Waals surface area contributed by atoms with E-state index in [0.29, 0.717) is 5.92 Å². The molecule has 0 radical (unpaired) electrons. The zero-order valence-corrected chi connectivity index (χ0v) is 9.65. The Balaban J connectivity index is 1.97. The van der Waals surface area contributed by atoms with Crippen molar-refractivity contribution >= 4 is 17.5 Å². The minimum absolute atomic E-state index is 0.225. The summed E-state index contributed by atoms with van der Waals surface area (Å²) in [5.74, 6) is 1.85. The molecule has 3 heteroatoms. The van der Waals surface area contributed by atoms with Crippen molar-refractivity contribution in [2.45, 2.75) is 39.0 Å². The highest BCUT2D eigenvalue weighted by molar-refractivity contribution is 6.17. The van der Waals surface area contributed by atoms with Crippen LogP contribution in [0.25, 0.3) is 0 Å². The lowest BCUT2D eigenvalue weighted by molar-refractivity contribution is -0.125. The smallest absolute Gasteiger partial charge is 0.223 e. The zero-order valence-electron chi connectivity index (χ0n) is 8.89. The van der Waals surface area contributed by atoms with Crippen molar-refractivity contribution in [1.29, 1.82) is 0 Å². The number of rotatable bonds is 7. The van der Waals surface area contributed by atoms with E-state index in [1.807, 2.05) is 6.92 Å². The van der Waals surface area contributed by atoms with Gasteiger partial charge in [0.15, 0.2) is 0 Å². The quantitative estimate of drug-likeness (QED) is 0.516. The predicted molar refractivity (Wildman–Crippen MR) is 59.5 cm³/mol. The second-order valence-electron chi connectivity index (χ2n) is 4.17. The number of unbranched alkanes of at least 4 members (excludes halogenated alkanes) is 2. The van der Waals surface area contributed by atoms with Crippen molar-refractivity contribution in [2.75, 3.05) is 12.4 Å². The molecule has 0 saturated heterocycles. The van der Waals surface area contributed by atoms with Crippen LogP contribution in [0.1, 0.15) is 39.0 Å². The molecule has 0 aromatic carbocycles. The Bertz CT molecular complexity index is 180. The normalized spacial score (nSPS) is 17.9. The molecule has 0 heterocycles. The largest absolute Gasteiger partial charge is 0.356 e. The van der Waals surface area contributed by atoms with E-state index >= 15 is 0 Å². The summed E-state index contributed by atoms with van der Waals surface area (Å²) >= 11 is 5.56. The summed E-state index contributed by atoms with van der Waals surface area (Å²) in [5, 5.41) is 2.98. The van der Waals surface area contributed by atoms with Crippen LogP contribution in [0.2, 0.25) is 0 Å². The van der Waals surface area contributed by atoms with Crippen LogP contribution in [-0.2, 0) is 4.79 Å². The van der Waals surface area contributed by atoms with E-state index in [9.17, 15) is 4.79 Å². The highest BCUT2D eigenvalue weighted by Crippen LogP contribution is 2.36. The highest BCUT2D eigenvalue weighted by atomic mass is 35.5. The van der Waals surface area contributed by atoms with E-state index in [1.165, 1.54) is 12.8 Å². The number of amides is 1. The number of nitrogens with one attached hydrogen (secondary N) is 1. The van der Waals surface area contributed by atoms with Crippen molar-refractivity contribution in [3.8, 4) is 0 Å². The molecule has 1 amide bonds. The molecular formula is C11H20ClNO. The van der Waals surface area contributed by atoms with Crippen LogP contribution in [0.15, 0.2) is 0 Å². The molecule has 1 aliphatic rings. The number of carbonyl (C=O) groups is 1.